The van der Waals surface area contributed by atoms with Gasteiger partial charge in [-0.25, -0.2) is 0 Å². The maximum absolute atomic E-state index is 11.4. The fourth-order valence-corrected chi connectivity index (χ4v) is 2.67. The SMILES string of the molecule is CC(=O)N1CCCN(C(=S)Nc2ccccc2Cl)CC1. The molecule has 0 bridgehead atoms. The van der Waals surface area contributed by atoms with Crippen molar-refractivity contribution in [2.75, 3.05) is 31.5 Å². The number of thiocarbonyl (C=S) groups is 1. The van der Waals surface area contributed by atoms with Crippen molar-refractivity contribution in [3.05, 3.63) is 29.3 Å². The van der Waals surface area contributed by atoms with Gasteiger partial charge in [-0.1, -0.05) is 23.7 Å². The van der Waals surface area contributed by atoms with Gasteiger partial charge in [0.2, 0.25) is 5.91 Å². The first-order valence-electron chi connectivity index (χ1n) is 6.64. The van der Waals surface area contributed by atoms with Crippen molar-refractivity contribution in [2.45, 2.75) is 13.3 Å². The summed E-state index contributed by atoms with van der Waals surface area (Å²) in [5.74, 6) is 0.122. The molecule has 1 aliphatic rings. The fraction of sp³-hybridized carbons (Fsp3) is 0.429. The molecule has 20 heavy (non-hydrogen) atoms. The molecule has 0 saturated carbocycles. The van der Waals surface area contributed by atoms with Gasteiger partial charge in [-0.15, -0.1) is 0 Å². The van der Waals surface area contributed by atoms with Gasteiger partial charge in [0.05, 0.1) is 10.7 Å². The van der Waals surface area contributed by atoms with Gasteiger partial charge in [-0.3, -0.25) is 4.79 Å². The monoisotopic (exact) mass is 311 g/mol. The van der Waals surface area contributed by atoms with E-state index in [-0.39, 0.29) is 5.91 Å². The highest BCUT2D eigenvalue weighted by Gasteiger charge is 2.18. The molecule has 1 aromatic rings. The summed E-state index contributed by atoms with van der Waals surface area (Å²) in [4.78, 5) is 15.3. The molecule has 2 rings (SSSR count). The molecular formula is C14H18ClN3OS. The summed E-state index contributed by atoms with van der Waals surface area (Å²) < 4.78 is 0. The van der Waals surface area contributed by atoms with Gasteiger partial charge in [-0.2, -0.15) is 0 Å². The molecule has 1 amide bonds. The molecule has 1 saturated heterocycles. The zero-order valence-electron chi connectivity index (χ0n) is 11.4. The Hall–Kier alpha value is -1.33. The van der Waals surface area contributed by atoms with Crippen molar-refractivity contribution in [3.8, 4) is 0 Å². The summed E-state index contributed by atoms with van der Waals surface area (Å²) >= 11 is 11.5. The van der Waals surface area contributed by atoms with Crippen LogP contribution in [0, 0.1) is 0 Å². The third kappa shape index (κ3) is 3.84. The lowest BCUT2D eigenvalue weighted by atomic mass is 10.3. The van der Waals surface area contributed by atoms with E-state index in [4.69, 9.17) is 23.8 Å². The summed E-state index contributed by atoms with van der Waals surface area (Å²) in [6.45, 7) is 4.70. The number of anilines is 1. The Bertz CT molecular complexity index is 509. The minimum absolute atomic E-state index is 0.122. The van der Waals surface area contributed by atoms with Gasteiger partial charge in [0.1, 0.15) is 0 Å². The van der Waals surface area contributed by atoms with Gasteiger partial charge < -0.3 is 15.1 Å². The number of carbonyl (C=O) groups is 1. The van der Waals surface area contributed by atoms with Gasteiger partial charge >= 0.3 is 0 Å². The highest BCUT2D eigenvalue weighted by molar-refractivity contribution is 7.80. The van der Waals surface area contributed by atoms with Crippen LogP contribution in [0.25, 0.3) is 0 Å². The van der Waals surface area contributed by atoms with Crippen LogP contribution in [-0.4, -0.2) is 47.0 Å². The average molecular weight is 312 g/mol. The van der Waals surface area contributed by atoms with Gasteiger partial charge in [-0.05, 0) is 30.8 Å². The van der Waals surface area contributed by atoms with Crippen LogP contribution < -0.4 is 5.32 Å². The first kappa shape index (κ1) is 15.1. The molecule has 0 spiro atoms. The minimum Gasteiger partial charge on any atom is -0.347 e. The highest BCUT2D eigenvalue weighted by Crippen LogP contribution is 2.21. The first-order valence-corrected chi connectivity index (χ1v) is 7.42. The standard InChI is InChI=1S/C14H18ClN3OS/c1-11(19)17-7-4-8-18(10-9-17)14(20)16-13-6-3-2-5-12(13)15/h2-3,5-6H,4,7-10H2,1H3,(H,16,20). The van der Waals surface area contributed by atoms with Crippen LogP contribution in [0.15, 0.2) is 24.3 Å². The van der Waals surface area contributed by atoms with Crippen LogP contribution in [0.2, 0.25) is 5.02 Å². The largest absolute Gasteiger partial charge is 0.347 e. The number of nitrogens with one attached hydrogen (secondary N) is 1. The van der Waals surface area contributed by atoms with E-state index >= 15 is 0 Å². The van der Waals surface area contributed by atoms with Gasteiger partial charge in [0, 0.05) is 33.1 Å². The van der Waals surface area contributed by atoms with E-state index in [1.807, 2.05) is 29.2 Å². The molecule has 0 aliphatic carbocycles. The number of benzene rings is 1. The molecule has 1 N–H and O–H groups in total. The number of amides is 1. The van der Waals surface area contributed by atoms with Crippen LogP contribution in [0.1, 0.15) is 13.3 Å². The van der Waals surface area contributed by atoms with E-state index in [2.05, 4.69) is 10.2 Å². The van der Waals surface area contributed by atoms with Crippen LogP contribution in [0.3, 0.4) is 0 Å². The maximum atomic E-state index is 11.4. The highest BCUT2D eigenvalue weighted by atomic mass is 35.5. The lowest BCUT2D eigenvalue weighted by Crippen LogP contribution is -2.38. The van der Waals surface area contributed by atoms with Gasteiger partial charge in [0.25, 0.3) is 0 Å². The normalized spacial score (nSPS) is 15.7. The molecule has 0 atom stereocenters. The number of hydrogen-bond acceptors (Lipinski definition) is 2. The van der Waals surface area contributed by atoms with E-state index in [9.17, 15) is 4.79 Å². The van der Waals surface area contributed by atoms with E-state index in [1.54, 1.807) is 6.92 Å². The second-order valence-corrected chi connectivity index (χ2v) is 5.55. The quantitative estimate of drug-likeness (QED) is 0.809. The molecule has 1 aromatic carbocycles. The molecule has 0 radical (unpaired) electrons. The van der Waals surface area contributed by atoms with Crippen molar-refractivity contribution in [1.29, 1.82) is 0 Å². The average Bonchev–Trinajstić information content (AvgIpc) is 2.67. The number of carbonyl (C=O) groups excluding carboxylic acids is 1. The van der Waals surface area contributed by atoms with Crippen molar-refractivity contribution in [2.24, 2.45) is 0 Å². The van der Waals surface area contributed by atoms with Crippen molar-refractivity contribution in [1.82, 2.24) is 9.80 Å². The minimum atomic E-state index is 0.122. The molecule has 1 fully saturated rings. The van der Waals surface area contributed by atoms with E-state index in [1.165, 1.54) is 0 Å². The van der Waals surface area contributed by atoms with Crippen molar-refractivity contribution >= 4 is 40.5 Å². The summed E-state index contributed by atoms with van der Waals surface area (Å²) in [5, 5.41) is 4.48. The number of halogens is 1. The predicted molar refractivity (Wildman–Crippen MR) is 86.1 cm³/mol. The molecule has 0 unspecified atom stereocenters. The lowest BCUT2D eigenvalue weighted by Gasteiger charge is -2.24. The maximum Gasteiger partial charge on any atom is 0.219 e. The smallest absolute Gasteiger partial charge is 0.219 e. The lowest BCUT2D eigenvalue weighted by molar-refractivity contribution is -0.128. The molecule has 6 heteroatoms. The zero-order chi connectivity index (χ0) is 14.5. The first-order chi connectivity index (χ1) is 9.58. The predicted octanol–water partition coefficient (Wildman–Crippen LogP) is 2.59. The van der Waals surface area contributed by atoms with Crippen LogP contribution in [-0.2, 0) is 4.79 Å². The topological polar surface area (TPSA) is 35.6 Å². The van der Waals surface area contributed by atoms with E-state index < -0.39 is 0 Å². The summed E-state index contributed by atoms with van der Waals surface area (Å²) in [6, 6.07) is 7.52. The Balaban J connectivity index is 1.96. The molecule has 1 aliphatic heterocycles. The van der Waals surface area contributed by atoms with Crippen molar-refractivity contribution < 1.29 is 4.79 Å². The summed E-state index contributed by atoms with van der Waals surface area (Å²) in [7, 11) is 0. The Labute approximate surface area is 129 Å². The Morgan fingerprint density at radius 1 is 1.20 bits per heavy atom. The molecule has 0 aromatic heterocycles. The number of nitrogens with zero attached hydrogens (tertiary/aromatic N) is 2. The number of para-hydroxylation sites is 1. The van der Waals surface area contributed by atoms with Crippen LogP contribution in [0.4, 0.5) is 5.69 Å². The summed E-state index contributed by atoms with van der Waals surface area (Å²) in [6.07, 6.45) is 0.921. The van der Waals surface area contributed by atoms with Crippen molar-refractivity contribution in [3.63, 3.8) is 0 Å². The zero-order valence-corrected chi connectivity index (χ0v) is 13.0. The Morgan fingerprint density at radius 3 is 2.55 bits per heavy atom. The third-order valence-corrected chi connectivity index (χ3v) is 4.03. The molecule has 4 nitrogen and oxygen atoms in total. The van der Waals surface area contributed by atoms with Crippen LogP contribution >= 0.6 is 23.8 Å². The Kier molecular flexibility index (Phi) is 5.20. The van der Waals surface area contributed by atoms with E-state index in [0.717, 1.165) is 31.7 Å². The fourth-order valence-electron chi connectivity index (χ4n) is 2.19. The second kappa shape index (κ2) is 6.90. The van der Waals surface area contributed by atoms with Gasteiger partial charge in [0.15, 0.2) is 5.11 Å². The second-order valence-electron chi connectivity index (χ2n) is 4.76. The number of hydrogen-bond donors (Lipinski definition) is 1. The third-order valence-electron chi connectivity index (χ3n) is 3.34. The van der Waals surface area contributed by atoms with E-state index in [0.29, 0.717) is 16.7 Å². The Morgan fingerprint density at radius 2 is 1.85 bits per heavy atom. The molecular weight excluding hydrogens is 294 g/mol. The van der Waals surface area contributed by atoms with Crippen LogP contribution in [0.5, 0.6) is 0 Å². The number of rotatable bonds is 1. The molecule has 1 heterocycles. The molecule has 108 valence electrons. The summed E-state index contributed by atoms with van der Waals surface area (Å²) in [5.41, 5.74) is 0.812.